The molecule has 0 radical (unpaired) electrons. The van der Waals surface area contributed by atoms with Crippen molar-refractivity contribution in [3.8, 4) is 23.3 Å². The van der Waals surface area contributed by atoms with Gasteiger partial charge in [0.05, 0.1) is 23.8 Å². The van der Waals surface area contributed by atoms with E-state index in [0.29, 0.717) is 11.5 Å². The molecule has 10 nitrogen and oxygen atoms in total. The number of nitrogens with one attached hydrogen (secondary N) is 2. The number of hydrogen-bond donors (Lipinski definition) is 2. The molecular weight excluding hydrogens is 530 g/mol. The quantitative estimate of drug-likeness (QED) is 0.296. The van der Waals surface area contributed by atoms with E-state index >= 15 is 0 Å². The van der Waals surface area contributed by atoms with Crippen LogP contribution in [0.3, 0.4) is 0 Å². The van der Waals surface area contributed by atoms with Crippen LogP contribution < -0.4 is 18.9 Å². The van der Waals surface area contributed by atoms with E-state index in [1.165, 1.54) is 72.8 Å². The number of nitrogens with zero attached hydrogens (tertiary/aromatic N) is 2. The predicted octanol–water partition coefficient (Wildman–Crippen LogP) is 4.48. The lowest BCUT2D eigenvalue weighted by Gasteiger charge is -2.11. The first-order valence-electron chi connectivity index (χ1n) is 10.4. The van der Waals surface area contributed by atoms with E-state index < -0.39 is 36.8 Å². The highest BCUT2D eigenvalue weighted by atomic mass is 32.3. The van der Waals surface area contributed by atoms with E-state index in [4.69, 9.17) is 9.47 Å². The summed E-state index contributed by atoms with van der Waals surface area (Å²) in [6.45, 7) is 0. The van der Waals surface area contributed by atoms with Crippen LogP contribution in [-0.4, -0.2) is 31.9 Å². The van der Waals surface area contributed by atoms with Gasteiger partial charge in [-0.15, -0.1) is 0 Å². The van der Waals surface area contributed by atoms with Gasteiger partial charge in [0, 0.05) is 12.1 Å². The molecule has 2 aromatic heterocycles. The number of rotatable bonds is 10. The van der Waals surface area contributed by atoms with Crippen molar-refractivity contribution in [3.63, 3.8) is 0 Å². The van der Waals surface area contributed by atoms with Crippen LogP contribution in [0.15, 0.2) is 85.2 Å². The smallest absolute Gasteiger partial charge is 0.249 e. The standard InChI is InChI=1S/C23H18F2N4O6S2/c24-16-1-7-20(8-2-16)34-22-11-5-18(13-26-22)28-36(30,31)15-37(32,33)29-19-6-12-23(27-14-19)35-21-9-3-17(25)4-10-21/h1-14,28-29H,15H2. The molecule has 2 N–H and O–H groups in total. The normalized spacial score (nSPS) is 11.5. The van der Waals surface area contributed by atoms with E-state index in [1.54, 1.807) is 0 Å². The molecular formula is C23H18F2N4O6S2. The predicted molar refractivity (Wildman–Crippen MR) is 131 cm³/mol. The maximum Gasteiger partial charge on any atom is 0.249 e. The van der Waals surface area contributed by atoms with Crippen molar-refractivity contribution in [2.45, 2.75) is 0 Å². The number of aromatic nitrogens is 2. The third-order valence-corrected chi connectivity index (χ3v) is 7.98. The number of anilines is 2. The zero-order valence-corrected chi connectivity index (χ0v) is 20.3. The Balaban J connectivity index is 1.33. The van der Waals surface area contributed by atoms with Crippen molar-refractivity contribution in [1.29, 1.82) is 0 Å². The van der Waals surface area contributed by atoms with Gasteiger partial charge in [0.25, 0.3) is 0 Å². The third kappa shape index (κ3) is 7.85. The van der Waals surface area contributed by atoms with Crippen molar-refractivity contribution in [3.05, 3.63) is 96.8 Å². The van der Waals surface area contributed by atoms with Crippen molar-refractivity contribution in [2.75, 3.05) is 14.5 Å². The summed E-state index contributed by atoms with van der Waals surface area (Å²) in [5, 5.41) is -1.28. The second-order valence-electron chi connectivity index (χ2n) is 7.43. The number of pyridine rings is 2. The highest BCUT2D eigenvalue weighted by Gasteiger charge is 2.23. The first-order valence-corrected chi connectivity index (χ1v) is 13.7. The van der Waals surface area contributed by atoms with Crippen molar-refractivity contribution >= 4 is 31.4 Å². The molecule has 0 bridgehead atoms. The highest BCUT2D eigenvalue weighted by Crippen LogP contribution is 2.23. The Kier molecular flexibility index (Phi) is 7.50. The molecule has 0 atom stereocenters. The number of sulfonamides is 2. The highest BCUT2D eigenvalue weighted by molar-refractivity contribution is 8.09. The average Bonchev–Trinajstić information content (AvgIpc) is 2.83. The van der Waals surface area contributed by atoms with Crippen LogP contribution in [0.2, 0.25) is 0 Å². The summed E-state index contributed by atoms with van der Waals surface area (Å²) in [4.78, 5) is 7.88. The van der Waals surface area contributed by atoms with Gasteiger partial charge in [0.15, 0.2) is 5.08 Å². The maximum atomic E-state index is 13.0. The van der Waals surface area contributed by atoms with Gasteiger partial charge in [-0.2, -0.15) is 0 Å². The van der Waals surface area contributed by atoms with Crippen molar-refractivity contribution < 1.29 is 35.1 Å². The lowest BCUT2D eigenvalue weighted by molar-refractivity contribution is 0.461. The molecule has 0 aliphatic rings. The topological polar surface area (TPSA) is 137 Å². The zero-order valence-electron chi connectivity index (χ0n) is 18.7. The van der Waals surface area contributed by atoms with Gasteiger partial charge >= 0.3 is 0 Å². The molecule has 0 saturated heterocycles. The molecule has 0 aliphatic carbocycles. The summed E-state index contributed by atoms with van der Waals surface area (Å²) >= 11 is 0. The van der Waals surface area contributed by atoms with Crippen LogP contribution >= 0.6 is 0 Å². The third-order valence-electron chi connectivity index (χ3n) is 4.40. The zero-order chi connectivity index (χ0) is 26.5. The summed E-state index contributed by atoms with van der Waals surface area (Å²) in [7, 11) is -8.68. The molecule has 2 heterocycles. The van der Waals surface area contributed by atoms with Gasteiger partial charge in [0.2, 0.25) is 31.8 Å². The molecule has 4 aromatic rings. The summed E-state index contributed by atoms with van der Waals surface area (Å²) in [5.74, 6) is 0.0107. The minimum Gasteiger partial charge on any atom is -0.439 e. The number of hydrogen-bond acceptors (Lipinski definition) is 8. The van der Waals surface area contributed by atoms with Crippen molar-refractivity contribution in [1.82, 2.24) is 9.97 Å². The van der Waals surface area contributed by atoms with Crippen LogP contribution in [0.1, 0.15) is 0 Å². The van der Waals surface area contributed by atoms with Crippen LogP contribution in [0.5, 0.6) is 23.3 Å². The molecule has 4 rings (SSSR count). The van der Waals surface area contributed by atoms with E-state index in [-0.39, 0.29) is 23.1 Å². The number of ether oxygens (including phenoxy) is 2. The van der Waals surface area contributed by atoms with E-state index in [2.05, 4.69) is 19.4 Å². The second kappa shape index (κ2) is 10.8. The fraction of sp³-hybridized carbons (Fsp3) is 0.0435. The second-order valence-corrected chi connectivity index (χ2v) is 11.2. The molecule has 0 saturated carbocycles. The molecule has 0 fully saturated rings. The van der Waals surface area contributed by atoms with Gasteiger partial charge in [-0.3, -0.25) is 9.44 Å². The molecule has 192 valence electrons. The van der Waals surface area contributed by atoms with Gasteiger partial charge in [0.1, 0.15) is 23.1 Å². The molecule has 14 heteroatoms. The van der Waals surface area contributed by atoms with Gasteiger partial charge < -0.3 is 9.47 Å². The monoisotopic (exact) mass is 548 g/mol. The average molecular weight is 549 g/mol. The summed E-state index contributed by atoms with van der Waals surface area (Å²) in [6, 6.07) is 15.8. The van der Waals surface area contributed by atoms with Gasteiger partial charge in [-0.25, -0.2) is 35.6 Å². The van der Waals surface area contributed by atoms with E-state index in [0.717, 1.165) is 12.4 Å². The molecule has 37 heavy (non-hydrogen) atoms. The molecule has 0 aliphatic heterocycles. The SMILES string of the molecule is O=S(=O)(CS(=O)(=O)Nc1ccc(Oc2ccc(F)cc2)nc1)Nc1ccc(Oc2ccc(F)cc2)nc1. The Morgan fingerprint density at radius 1 is 0.595 bits per heavy atom. The first-order chi connectivity index (χ1) is 17.6. The first kappa shape index (κ1) is 25.8. The summed E-state index contributed by atoms with van der Waals surface area (Å²) < 4.78 is 90.7. The Labute approximate surface area is 211 Å². The van der Waals surface area contributed by atoms with Gasteiger partial charge in [-0.05, 0) is 60.7 Å². The fourth-order valence-corrected chi connectivity index (χ4v) is 5.94. The Morgan fingerprint density at radius 2 is 0.973 bits per heavy atom. The molecule has 0 amide bonds. The van der Waals surface area contributed by atoms with Crippen LogP contribution in [0.4, 0.5) is 20.2 Å². The largest absolute Gasteiger partial charge is 0.439 e. The number of halogens is 2. The van der Waals surface area contributed by atoms with Crippen LogP contribution in [0, 0.1) is 11.6 Å². The lowest BCUT2D eigenvalue weighted by Crippen LogP contribution is -2.27. The Bertz CT molecular complexity index is 1450. The minimum atomic E-state index is -4.34. The van der Waals surface area contributed by atoms with E-state index in [9.17, 15) is 25.6 Å². The Morgan fingerprint density at radius 3 is 1.30 bits per heavy atom. The molecule has 0 spiro atoms. The molecule has 2 aromatic carbocycles. The minimum absolute atomic E-state index is 0.00520. The Hall–Kier alpha value is -4.30. The summed E-state index contributed by atoms with van der Waals surface area (Å²) in [5.41, 5.74) is 0.0104. The lowest BCUT2D eigenvalue weighted by atomic mass is 10.3. The fourth-order valence-electron chi connectivity index (χ4n) is 2.87. The van der Waals surface area contributed by atoms with Gasteiger partial charge in [-0.1, -0.05) is 0 Å². The number of benzene rings is 2. The van der Waals surface area contributed by atoms with Crippen molar-refractivity contribution in [2.24, 2.45) is 0 Å². The van der Waals surface area contributed by atoms with Crippen LogP contribution in [0.25, 0.3) is 0 Å². The van der Waals surface area contributed by atoms with Crippen LogP contribution in [-0.2, 0) is 20.0 Å². The summed E-state index contributed by atoms with van der Waals surface area (Å²) in [6.07, 6.45) is 2.28. The maximum absolute atomic E-state index is 13.0. The van der Waals surface area contributed by atoms with E-state index in [1.807, 2.05) is 0 Å². The molecule has 0 unspecified atom stereocenters.